The van der Waals surface area contributed by atoms with E-state index in [9.17, 15) is 0 Å². The summed E-state index contributed by atoms with van der Waals surface area (Å²) in [7, 11) is 0. The predicted octanol–water partition coefficient (Wildman–Crippen LogP) is 3.60. The van der Waals surface area contributed by atoms with Crippen molar-refractivity contribution >= 4 is 28.2 Å². The number of aryl methyl sites for hydroxylation is 1. The zero-order valence-electron chi connectivity index (χ0n) is 9.05. The van der Waals surface area contributed by atoms with E-state index < -0.39 is 0 Å². The first-order chi connectivity index (χ1) is 7.15. The molecule has 0 bridgehead atoms. The van der Waals surface area contributed by atoms with E-state index in [1.807, 2.05) is 25.1 Å². The van der Waals surface area contributed by atoms with Crippen molar-refractivity contribution in [3.8, 4) is 0 Å². The minimum absolute atomic E-state index is 0.762. The van der Waals surface area contributed by atoms with Crippen molar-refractivity contribution < 1.29 is 0 Å². The highest BCUT2D eigenvalue weighted by atomic mass is 35.5. The zero-order valence-corrected chi connectivity index (χ0v) is 9.80. The Morgan fingerprint density at radius 1 is 1.40 bits per heavy atom. The molecule has 0 saturated carbocycles. The van der Waals surface area contributed by atoms with Gasteiger partial charge in [0.15, 0.2) is 0 Å². The van der Waals surface area contributed by atoms with Gasteiger partial charge in [-0.25, -0.2) is 0 Å². The highest BCUT2D eigenvalue weighted by Crippen LogP contribution is 2.31. The SMILES string of the molecule is CCCn1c(C)c(Cl)c2cc(N)ccc21. The van der Waals surface area contributed by atoms with Gasteiger partial charge in [-0.2, -0.15) is 0 Å². The van der Waals surface area contributed by atoms with Crippen LogP contribution in [0, 0.1) is 6.92 Å². The highest BCUT2D eigenvalue weighted by Gasteiger charge is 2.11. The van der Waals surface area contributed by atoms with Gasteiger partial charge in [0.05, 0.1) is 5.02 Å². The van der Waals surface area contributed by atoms with Gasteiger partial charge in [-0.3, -0.25) is 0 Å². The molecule has 0 atom stereocenters. The molecule has 1 heterocycles. The maximum absolute atomic E-state index is 6.28. The molecular weight excluding hydrogens is 208 g/mol. The normalized spacial score (nSPS) is 11.1. The molecule has 0 fully saturated rings. The van der Waals surface area contributed by atoms with Crippen LogP contribution in [0.4, 0.5) is 5.69 Å². The third-order valence-corrected chi connectivity index (χ3v) is 3.19. The van der Waals surface area contributed by atoms with E-state index in [1.165, 1.54) is 5.52 Å². The van der Waals surface area contributed by atoms with Crippen LogP contribution in [-0.4, -0.2) is 4.57 Å². The van der Waals surface area contributed by atoms with E-state index in [-0.39, 0.29) is 0 Å². The number of aromatic nitrogens is 1. The number of anilines is 1. The molecule has 2 aromatic rings. The van der Waals surface area contributed by atoms with Gasteiger partial charge < -0.3 is 10.3 Å². The van der Waals surface area contributed by atoms with Gasteiger partial charge >= 0.3 is 0 Å². The Hall–Kier alpha value is -1.15. The largest absolute Gasteiger partial charge is 0.399 e. The number of nitrogens with two attached hydrogens (primary N) is 1. The Bertz CT molecular complexity index is 500. The third kappa shape index (κ3) is 1.59. The van der Waals surface area contributed by atoms with Crippen molar-refractivity contribution in [2.75, 3.05) is 5.73 Å². The Kier molecular flexibility index (Phi) is 2.61. The number of benzene rings is 1. The molecule has 0 aliphatic carbocycles. The van der Waals surface area contributed by atoms with Gasteiger partial charge in [-0.15, -0.1) is 0 Å². The first-order valence-electron chi connectivity index (χ1n) is 5.19. The topological polar surface area (TPSA) is 30.9 Å². The molecule has 1 aromatic carbocycles. The van der Waals surface area contributed by atoms with E-state index >= 15 is 0 Å². The van der Waals surface area contributed by atoms with Gasteiger partial charge in [0.1, 0.15) is 0 Å². The second-order valence-electron chi connectivity index (χ2n) is 3.83. The summed E-state index contributed by atoms with van der Waals surface area (Å²) < 4.78 is 2.25. The molecule has 80 valence electrons. The first kappa shape index (κ1) is 10.4. The van der Waals surface area contributed by atoms with Crippen LogP contribution >= 0.6 is 11.6 Å². The summed E-state index contributed by atoms with van der Waals surface area (Å²) in [5, 5.41) is 1.88. The van der Waals surface area contributed by atoms with Crippen molar-refractivity contribution in [1.29, 1.82) is 0 Å². The molecule has 2 nitrogen and oxygen atoms in total. The Balaban J connectivity index is 2.75. The van der Waals surface area contributed by atoms with Crippen molar-refractivity contribution in [3.05, 3.63) is 28.9 Å². The molecule has 0 amide bonds. The lowest BCUT2D eigenvalue weighted by molar-refractivity contribution is 0.686. The minimum atomic E-state index is 0.762. The number of hydrogen-bond donors (Lipinski definition) is 1. The average Bonchev–Trinajstić information content (AvgIpc) is 2.44. The fourth-order valence-electron chi connectivity index (χ4n) is 1.97. The highest BCUT2D eigenvalue weighted by molar-refractivity contribution is 6.36. The van der Waals surface area contributed by atoms with E-state index in [4.69, 9.17) is 17.3 Å². The van der Waals surface area contributed by atoms with Crippen molar-refractivity contribution in [2.45, 2.75) is 26.8 Å². The Morgan fingerprint density at radius 2 is 2.13 bits per heavy atom. The van der Waals surface area contributed by atoms with Gasteiger partial charge in [-0.1, -0.05) is 18.5 Å². The Morgan fingerprint density at radius 3 is 2.80 bits per heavy atom. The second-order valence-corrected chi connectivity index (χ2v) is 4.21. The van der Waals surface area contributed by atoms with E-state index in [1.54, 1.807) is 0 Å². The number of halogens is 1. The lowest BCUT2D eigenvalue weighted by Crippen LogP contribution is -1.98. The fraction of sp³-hybridized carbons (Fsp3) is 0.333. The average molecular weight is 223 g/mol. The molecule has 15 heavy (non-hydrogen) atoms. The maximum Gasteiger partial charge on any atom is 0.0691 e. The van der Waals surface area contributed by atoms with Gasteiger partial charge in [0, 0.05) is 28.8 Å². The van der Waals surface area contributed by atoms with Crippen molar-refractivity contribution in [3.63, 3.8) is 0 Å². The molecule has 0 radical (unpaired) electrons. The first-order valence-corrected chi connectivity index (χ1v) is 5.56. The molecule has 3 heteroatoms. The van der Waals surface area contributed by atoms with Gasteiger partial charge in [-0.05, 0) is 31.5 Å². The molecular formula is C12H15ClN2. The van der Waals surface area contributed by atoms with Crippen LogP contribution < -0.4 is 5.73 Å². The number of hydrogen-bond acceptors (Lipinski definition) is 1. The van der Waals surface area contributed by atoms with E-state index in [2.05, 4.69) is 11.5 Å². The quantitative estimate of drug-likeness (QED) is 0.774. The van der Waals surface area contributed by atoms with Crippen molar-refractivity contribution in [1.82, 2.24) is 4.57 Å². The summed E-state index contributed by atoms with van der Waals surface area (Å²) in [5.41, 5.74) is 8.82. The lowest BCUT2D eigenvalue weighted by Gasteiger charge is -2.05. The molecule has 0 saturated heterocycles. The summed E-state index contributed by atoms with van der Waals surface area (Å²) >= 11 is 6.28. The van der Waals surface area contributed by atoms with Crippen LogP contribution in [0.3, 0.4) is 0 Å². The van der Waals surface area contributed by atoms with E-state index in [0.717, 1.165) is 34.8 Å². The smallest absolute Gasteiger partial charge is 0.0691 e. The maximum atomic E-state index is 6.28. The summed E-state index contributed by atoms with van der Waals surface area (Å²) in [6.45, 7) is 5.21. The van der Waals surface area contributed by atoms with Crippen LogP contribution in [0.25, 0.3) is 10.9 Å². The van der Waals surface area contributed by atoms with Gasteiger partial charge in [0.2, 0.25) is 0 Å². The monoisotopic (exact) mass is 222 g/mol. The van der Waals surface area contributed by atoms with Crippen LogP contribution in [0.15, 0.2) is 18.2 Å². The Labute approximate surface area is 94.6 Å². The minimum Gasteiger partial charge on any atom is -0.399 e. The number of nitrogen functional groups attached to an aromatic ring is 1. The molecule has 0 spiro atoms. The summed E-state index contributed by atoms with van der Waals surface area (Å²) in [6.07, 6.45) is 1.10. The van der Waals surface area contributed by atoms with Gasteiger partial charge in [0.25, 0.3) is 0 Å². The molecule has 0 aliphatic heterocycles. The molecule has 2 rings (SSSR count). The summed E-state index contributed by atoms with van der Waals surface area (Å²) in [5.74, 6) is 0. The van der Waals surface area contributed by atoms with Crippen LogP contribution in [0.2, 0.25) is 5.02 Å². The fourth-order valence-corrected chi connectivity index (χ4v) is 2.22. The molecule has 0 aliphatic rings. The zero-order chi connectivity index (χ0) is 11.0. The van der Waals surface area contributed by atoms with Crippen LogP contribution in [0.1, 0.15) is 19.0 Å². The number of rotatable bonds is 2. The standard InChI is InChI=1S/C12H15ClN2/c1-3-6-15-8(2)12(13)10-7-9(14)4-5-11(10)15/h4-5,7H,3,6,14H2,1-2H3. The molecule has 0 unspecified atom stereocenters. The predicted molar refractivity (Wildman–Crippen MR) is 66.4 cm³/mol. The van der Waals surface area contributed by atoms with Crippen molar-refractivity contribution in [2.24, 2.45) is 0 Å². The third-order valence-electron chi connectivity index (χ3n) is 2.72. The van der Waals surface area contributed by atoms with Crippen LogP contribution in [-0.2, 0) is 6.54 Å². The molecule has 2 N–H and O–H groups in total. The number of fused-ring (bicyclic) bond motifs is 1. The summed E-state index contributed by atoms with van der Waals surface area (Å²) in [6, 6.07) is 5.90. The van der Waals surface area contributed by atoms with Crippen LogP contribution in [0.5, 0.6) is 0 Å². The van der Waals surface area contributed by atoms with E-state index in [0.29, 0.717) is 0 Å². The molecule has 1 aromatic heterocycles. The number of nitrogens with zero attached hydrogens (tertiary/aromatic N) is 1. The lowest BCUT2D eigenvalue weighted by atomic mass is 10.2. The summed E-state index contributed by atoms with van der Waals surface area (Å²) in [4.78, 5) is 0. The second kappa shape index (κ2) is 3.78.